The van der Waals surface area contributed by atoms with Crippen LogP contribution in [0.2, 0.25) is 0 Å². The summed E-state index contributed by atoms with van der Waals surface area (Å²) in [6, 6.07) is 7.02. The van der Waals surface area contributed by atoms with E-state index < -0.39 is 12.0 Å². The van der Waals surface area contributed by atoms with Crippen LogP contribution in [0.15, 0.2) is 29.3 Å². The van der Waals surface area contributed by atoms with Crippen LogP contribution in [0.1, 0.15) is 12.5 Å². The Kier molecular flexibility index (Phi) is 6.06. The number of para-hydroxylation sites is 1. The minimum atomic E-state index is -0.745. The average Bonchev–Trinajstić information content (AvgIpc) is 2.89. The number of fused-ring (bicyclic) bond motifs is 1. The van der Waals surface area contributed by atoms with Crippen LogP contribution < -0.4 is 5.32 Å². The summed E-state index contributed by atoms with van der Waals surface area (Å²) in [4.78, 5) is 26.6. The normalized spacial score (nSPS) is 12.1. The fourth-order valence-electron chi connectivity index (χ4n) is 2.43. The molecule has 1 aromatic carbocycles. The van der Waals surface area contributed by atoms with Gasteiger partial charge in [-0.2, -0.15) is 0 Å². The average molecular weight is 336 g/mol. The number of aliphatic hydroxyl groups is 1. The van der Waals surface area contributed by atoms with Gasteiger partial charge in [-0.1, -0.05) is 18.2 Å². The molecule has 2 rings (SSSR count). The Morgan fingerprint density at radius 3 is 2.78 bits per heavy atom. The highest BCUT2D eigenvalue weighted by Gasteiger charge is 2.24. The number of methoxy groups -OCH3 is 1. The smallest absolute Gasteiger partial charge is 0.328 e. The van der Waals surface area contributed by atoms with Gasteiger partial charge in [0.05, 0.1) is 18.7 Å². The highest BCUT2D eigenvalue weighted by Crippen LogP contribution is 2.30. The molecule has 1 heterocycles. The number of ether oxygens (including phenoxy) is 1. The maximum absolute atomic E-state index is 11.9. The van der Waals surface area contributed by atoms with Crippen molar-refractivity contribution >= 4 is 34.5 Å². The highest BCUT2D eigenvalue weighted by molar-refractivity contribution is 7.99. The Balaban J connectivity index is 2.38. The third-order valence-electron chi connectivity index (χ3n) is 3.38. The number of rotatable bonds is 7. The molecule has 0 fully saturated rings. The van der Waals surface area contributed by atoms with Gasteiger partial charge in [0.1, 0.15) is 6.04 Å². The Morgan fingerprint density at radius 2 is 2.13 bits per heavy atom. The molecule has 6 nitrogen and oxygen atoms in total. The summed E-state index contributed by atoms with van der Waals surface area (Å²) in [5, 5.41) is 13.6. The predicted octanol–water partition coefficient (Wildman–Crippen LogP) is 1.47. The summed E-state index contributed by atoms with van der Waals surface area (Å²) in [7, 11) is 1.30. The number of thioether (sulfide) groups is 1. The fourth-order valence-corrected chi connectivity index (χ4v) is 3.28. The van der Waals surface area contributed by atoms with E-state index >= 15 is 0 Å². The second kappa shape index (κ2) is 8.03. The second-order valence-corrected chi connectivity index (χ2v) is 6.14. The van der Waals surface area contributed by atoms with Crippen molar-refractivity contribution in [1.82, 2.24) is 10.3 Å². The quantitative estimate of drug-likeness (QED) is 0.526. The van der Waals surface area contributed by atoms with Crippen molar-refractivity contribution in [3.8, 4) is 0 Å². The Morgan fingerprint density at radius 1 is 1.39 bits per heavy atom. The van der Waals surface area contributed by atoms with Crippen LogP contribution in [0.25, 0.3) is 10.9 Å². The van der Waals surface area contributed by atoms with Gasteiger partial charge in [-0.3, -0.25) is 4.79 Å². The lowest BCUT2D eigenvalue weighted by Gasteiger charge is -2.16. The molecular weight excluding hydrogens is 316 g/mol. The van der Waals surface area contributed by atoms with Crippen LogP contribution in [0.4, 0.5) is 0 Å². The van der Waals surface area contributed by atoms with Gasteiger partial charge in [0.2, 0.25) is 5.91 Å². The molecule has 0 saturated heterocycles. The topological polar surface area (TPSA) is 91.4 Å². The van der Waals surface area contributed by atoms with Gasteiger partial charge in [0, 0.05) is 30.0 Å². The van der Waals surface area contributed by atoms with Crippen molar-refractivity contribution in [2.24, 2.45) is 0 Å². The van der Waals surface area contributed by atoms with Gasteiger partial charge in [-0.15, -0.1) is 11.8 Å². The number of aromatic nitrogens is 1. The Labute approximate surface area is 138 Å². The molecule has 0 unspecified atom stereocenters. The predicted molar refractivity (Wildman–Crippen MR) is 89.4 cm³/mol. The number of esters is 1. The molecular formula is C16H20N2O4S. The summed E-state index contributed by atoms with van der Waals surface area (Å²) >= 11 is 1.48. The molecule has 0 bridgehead atoms. The number of H-pyrrole nitrogens is 1. The maximum Gasteiger partial charge on any atom is 0.328 e. The van der Waals surface area contributed by atoms with Crippen molar-refractivity contribution in [2.75, 3.05) is 19.5 Å². The fraction of sp³-hybridized carbons (Fsp3) is 0.375. The van der Waals surface area contributed by atoms with Crippen LogP contribution in [0.3, 0.4) is 0 Å². The lowest BCUT2D eigenvalue weighted by Crippen LogP contribution is -2.42. The minimum Gasteiger partial charge on any atom is -0.467 e. The van der Waals surface area contributed by atoms with E-state index in [1.54, 1.807) is 0 Å². The standard InChI is InChI=1S/C16H20N2O4S/c1-10(20)17-14(16(21)22-2)9-12-11-5-3-4-6-13(11)18-15(12)23-8-7-19/h3-6,14,18-19H,7-9H2,1-2H3,(H,17,20)/t14-/m0/s1. The van der Waals surface area contributed by atoms with Crippen molar-refractivity contribution < 1.29 is 19.4 Å². The first-order valence-electron chi connectivity index (χ1n) is 7.25. The Bertz CT molecular complexity index is 698. The van der Waals surface area contributed by atoms with Crippen molar-refractivity contribution in [3.63, 3.8) is 0 Å². The van der Waals surface area contributed by atoms with Gasteiger partial charge in [0.25, 0.3) is 0 Å². The first kappa shape index (κ1) is 17.4. The van der Waals surface area contributed by atoms with E-state index in [-0.39, 0.29) is 12.5 Å². The number of nitrogens with one attached hydrogen (secondary N) is 2. The molecule has 0 radical (unpaired) electrons. The number of hydrogen-bond donors (Lipinski definition) is 3. The van der Waals surface area contributed by atoms with E-state index in [4.69, 9.17) is 9.84 Å². The van der Waals surface area contributed by atoms with Crippen molar-refractivity contribution in [1.29, 1.82) is 0 Å². The van der Waals surface area contributed by atoms with Crippen molar-refractivity contribution in [3.05, 3.63) is 29.8 Å². The lowest BCUT2D eigenvalue weighted by molar-refractivity contribution is -0.144. The highest BCUT2D eigenvalue weighted by atomic mass is 32.2. The molecule has 3 N–H and O–H groups in total. The first-order valence-corrected chi connectivity index (χ1v) is 8.23. The van der Waals surface area contributed by atoms with Crippen LogP contribution in [-0.4, -0.2) is 47.5 Å². The zero-order valence-electron chi connectivity index (χ0n) is 13.1. The molecule has 1 atom stereocenters. The van der Waals surface area contributed by atoms with E-state index in [2.05, 4.69) is 10.3 Å². The third-order valence-corrected chi connectivity index (χ3v) is 4.41. The molecule has 1 aromatic heterocycles. The SMILES string of the molecule is COC(=O)[C@H](Cc1c(SCCO)[nH]c2ccccc12)NC(C)=O. The summed E-state index contributed by atoms with van der Waals surface area (Å²) in [5.74, 6) is -0.226. The molecule has 0 aliphatic heterocycles. The third kappa shape index (κ3) is 4.27. The van der Waals surface area contributed by atoms with Gasteiger partial charge >= 0.3 is 5.97 Å². The first-order chi connectivity index (χ1) is 11.1. The molecule has 124 valence electrons. The van der Waals surface area contributed by atoms with Crippen LogP contribution in [0, 0.1) is 0 Å². The molecule has 2 aromatic rings. The van der Waals surface area contributed by atoms with E-state index in [9.17, 15) is 9.59 Å². The summed E-state index contributed by atoms with van der Waals surface area (Å²) in [5.41, 5.74) is 1.89. The largest absolute Gasteiger partial charge is 0.467 e. The van der Waals surface area contributed by atoms with Gasteiger partial charge < -0.3 is 20.1 Å². The summed E-state index contributed by atoms with van der Waals surface area (Å²) < 4.78 is 4.78. The molecule has 1 amide bonds. The van der Waals surface area contributed by atoms with E-state index in [1.807, 2.05) is 24.3 Å². The van der Waals surface area contributed by atoms with Crippen molar-refractivity contribution in [2.45, 2.75) is 24.4 Å². The summed E-state index contributed by atoms with van der Waals surface area (Å²) in [6.07, 6.45) is 0.323. The molecule has 23 heavy (non-hydrogen) atoms. The zero-order chi connectivity index (χ0) is 16.8. The van der Waals surface area contributed by atoms with Gasteiger partial charge in [-0.05, 0) is 11.6 Å². The number of aromatic amines is 1. The van der Waals surface area contributed by atoms with E-state index in [0.29, 0.717) is 12.2 Å². The van der Waals surface area contributed by atoms with Gasteiger partial charge in [0.15, 0.2) is 0 Å². The minimum absolute atomic E-state index is 0.0611. The molecule has 0 spiro atoms. The monoisotopic (exact) mass is 336 g/mol. The lowest BCUT2D eigenvalue weighted by atomic mass is 10.0. The molecule has 0 aliphatic carbocycles. The van der Waals surface area contributed by atoms with Gasteiger partial charge in [-0.25, -0.2) is 4.79 Å². The zero-order valence-corrected chi connectivity index (χ0v) is 13.9. The van der Waals surface area contributed by atoms with Crippen LogP contribution >= 0.6 is 11.8 Å². The number of carbonyl (C=O) groups is 2. The summed E-state index contributed by atoms with van der Waals surface area (Å²) in [6.45, 7) is 1.43. The molecule has 0 saturated carbocycles. The number of amides is 1. The molecule has 7 heteroatoms. The maximum atomic E-state index is 11.9. The Hall–Kier alpha value is -1.99. The number of benzene rings is 1. The number of carbonyl (C=O) groups excluding carboxylic acids is 2. The van der Waals surface area contributed by atoms with E-state index in [0.717, 1.165) is 21.5 Å². The number of hydrogen-bond acceptors (Lipinski definition) is 5. The second-order valence-electron chi connectivity index (χ2n) is 5.03. The van der Waals surface area contributed by atoms with E-state index in [1.165, 1.54) is 25.8 Å². The molecule has 0 aliphatic rings. The number of aliphatic hydroxyl groups excluding tert-OH is 1. The van der Waals surface area contributed by atoms with Crippen LogP contribution in [0.5, 0.6) is 0 Å². The van der Waals surface area contributed by atoms with Crippen LogP contribution in [-0.2, 0) is 20.7 Å².